The maximum absolute atomic E-state index is 6.62. The molecule has 0 spiro atoms. The van der Waals surface area contributed by atoms with Crippen molar-refractivity contribution in [3.8, 4) is 66.8 Å². The average molecular weight is 1350 g/mol. The Morgan fingerprint density at radius 2 is 0.495 bits per heavy atom. The minimum Gasteiger partial charge on any atom is -0.456 e. The molecule has 11 aromatic carbocycles. The summed E-state index contributed by atoms with van der Waals surface area (Å²) in [7, 11) is 0. The Kier molecular flexibility index (Phi) is 18.1. The third kappa shape index (κ3) is 11.0. The molecule has 4 aliphatic rings. The number of hydrogen-bond acceptors (Lipinski definition) is 2. The standard InChI is InChI=1S/C101H108O2/c1-9-13-17-21-25-37-55-100(54-36-24-20-16-12-4)84-62-79-77-61-83-81(95-69-45-31-29-43-67(69)75(59-89(95)99(83,7)8)71-49-41-53-93-97(71)73-47-33-35-51-91(73)103-93)65-87(77)101(56-38-26-22-18-14-10-2,57-39-27-23-19-15-11-3)85(79)63-78(84)76-60-82-80(64-86(76)100)94-68-44-30-28-42-66(68)74(58-88(94)98(82,5)6)70-48-40-52-92-96(70)72-46-32-34-50-90(72)102-92/h28-35,40-53,58-65H,9-27,36-39,54-57H2,1-8H3. The second kappa shape index (κ2) is 27.5. The van der Waals surface area contributed by atoms with Crippen molar-refractivity contribution in [3.63, 3.8) is 0 Å². The summed E-state index contributed by atoms with van der Waals surface area (Å²) >= 11 is 0. The van der Waals surface area contributed by atoms with E-state index in [2.05, 4.69) is 237 Å². The zero-order valence-corrected chi connectivity index (χ0v) is 63.2. The molecule has 0 bridgehead atoms. The van der Waals surface area contributed by atoms with Gasteiger partial charge in [0.1, 0.15) is 22.3 Å². The van der Waals surface area contributed by atoms with Gasteiger partial charge >= 0.3 is 0 Å². The van der Waals surface area contributed by atoms with Gasteiger partial charge in [-0.2, -0.15) is 0 Å². The lowest BCUT2D eigenvalue weighted by molar-refractivity contribution is 0.395. The van der Waals surface area contributed by atoms with E-state index in [-0.39, 0.29) is 21.7 Å². The molecule has 17 rings (SSSR count). The maximum Gasteiger partial charge on any atom is 0.136 e. The number of furan rings is 2. The largest absolute Gasteiger partial charge is 0.456 e. The molecular weight excluding hydrogens is 1250 g/mol. The SMILES string of the molecule is CCCCCCCCC1(CCCCCCC)c2cc3c(cc2-c2cc4c(cc21)-c1cc2c(cc1C4(CCCCCCCC)CCCCCCCC)-c1c(cc(-c4cccc5oc6ccccc6c45)c4ccccc14)C2(C)C)C(C)(C)c1cc(-c2cccc4oc5ccccc5c24)c2ccccc2c1-3. The van der Waals surface area contributed by atoms with Crippen LogP contribution in [0.2, 0.25) is 0 Å². The van der Waals surface area contributed by atoms with Crippen LogP contribution in [0.5, 0.6) is 0 Å². The monoisotopic (exact) mass is 1350 g/mol. The van der Waals surface area contributed by atoms with Crippen molar-refractivity contribution in [3.05, 3.63) is 226 Å². The fraction of sp³-hybridized carbons (Fsp3) is 0.386. The molecule has 1 unspecified atom stereocenters. The quantitative estimate of drug-likeness (QED) is 0.0437. The minimum atomic E-state index is -0.267. The second-order valence-corrected chi connectivity index (χ2v) is 33.3. The number of benzene rings is 11. The van der Waals surface area contributed by atoms with E-state index in [0.717, 1.165) is 22.3 Å². The van der Waals surface area contributed by atoms with Crippen LogP contribution in [-0.4, -0.2) is 0 Å². The van der Waals surface area contributed by atoms with E-state index < -0.39 is 0 Å². The molecule has 0 saturated carbocycles. The van der Waals surface area contributed by atoms with E-state index in [1.54, 1.807) is 33.4 Å². The van der Waals surface area contributed by atoms with Gasteiger partial charge in [0.05, 0.1) is 0 Å². The summed E-state index contributed by atoms with van der Waals surface area (Å²) in [6.45, 7) is 19.7. The van der Waals surface area contributed by atoms with Gasteiger partial charge < -0.3 is 8.83 Å². The van der Waals surface area contributed by atoms with Crippen LogP contribution < -0.4 is 0 Å². The normalized spacial score (nSPS) is 16.1. The van der Waals surface area contributed by atoms with Crippen molar-refractivity contribution in [2.45, 2.75) is 250 Å². The van der Waals surface area contributed by atoms with Crippen molar-refractivity contribution < 1.29 is 8.83 Å². The van der Waals surface area contributed by atoms with Gasteiger partial charge in [0.15, 0.2) is 0 Å². The van der Waals surface area contributed by atoms with E-state index in [1.807, 2.05) is 0 Å². The molecule has 2 aromatic heterocycles. The fourth-order valence-corrected chi connectivity index (χ4v) is 21.0. The van der Waals surface area contributed by atoms with Crippen LogP contribution in [0.4, 0.5) is 0 Å². The summed E-state index contributed by atoms with van der Waals surface area (Å²) in [5.41, 5.74) is 32.4. The van der Waals surface area contributed by atoms with E-state index in [1.165, 1.54) is 294 Å². The highest BCUT2D eigenvalue weighted by atomic mass is 16.3. The summed E-state index contributed by atoms with van der Waals surface area (Å²) < 4.78 is 13.2. The summed E-state index contributed by atoms with van der Waals surface area (Å²) in [6, 6.07) is 71.9. The zero-order valence-electron chi connectivity index (χ0n) is 63.2. The summed E-state index contributed by atoms with van der Waals surface area (Å²) in [6.07, 6.45) is 34.4. The molecule has 0 radical (unpaired) electrons. The molecule has 0 aliphatic heterocycles. The number of unbranched alkanes of at least 4 members (excludes halogenated alkanes) is 19. The van der Waals surface area contributed by atoms with E-state index in [9.17, 15) is 0 Å². The van der Waals surface area contributed by atoms with Crippen LogP contribution in [0.1, 0.15) is 273 Å². The lowest BCUT2D eigenvalue weighted by Crippen LogP contribution is -2.27. The number of hydrogen-bond donors (Lipinski definition) is 0. The summed E-state index contributed by atoms with van der Waals surface area (Å²) in [4.78, 5) is 0. The van der Waals surface area contributed by atoms with E-state index in [4.69, 9.17) is 8.83 Å². The van der Waals surface area contributed by atoms with Crippen LogP contribution >= 0.6 is 0 Å². The van der Waals surface area contributed by atoms with Gasteiger partial charge in [-0.05, 0) is 231 Å². The number of para-hydroxylation sites is 2. The van der Waals surface area contributed by atoms with Gasteiger partial charge in [0, 0.05) is 43.2 Å². The molecule has 0 amide bonds. The molecule has 4 aliphatic carbocycles. The number of fused-ring (bicyclic) bond motifs is 22. The Morgan fingerprint density at radius 1 is 0.223 bits per heavy atom. The van der Waals surface area contributed by atoms with Gasteiger partial charge in [-0.1, -0.05) is 312 Å². The highest BCUT2D eigenvalue weighted by Gasteiger charge is 2.51. The van der Waals surface area contributed by atoms with Crippen LogP contribution in [0.25, 0.3) is 132 Å². The molecule has 2 heterocycles. The Hall–Kier alpha value is -8.46. The molecule has 103 heavy (non-hydrogen) atoms. The first-order valence-corrected chi connectivity index (χ1v) is 41.0. The van der Waals surface area contributed by atoms with Gasteiger partial charge in [-0.25, -0.2) is 0 Å². The highest BCUT2D eigenvalue weighted by Crippen LogP contribution is 2.66. The Labute approximate surface area is 614 Å². The van der Waals surface area contributed by atoms with Gasteiger partial charge in [-0.3, -0.25) is 0 Å². The van der Waals surface area contributed by atoms with Crippen LogP contribution in [0.15, 0.2) is 191 Å². The lowest BCUT2D eigenvalue weighted by atomic mass is 9.68. The molecule has 524 valence electrons. The first-order chi connectivity index (χ1) is 50.4. The molecule has 13 aromatic rings. The third-order valence-corrected chi connectivity index (χ3v) is 26.4. The van der Waals surface area contributed by atoms with Crippen LogP contribution in [-0.2, 0) is 21.7 Å². The molecular formula is C101H108O2. The molecule has 2 nitrogen and oxygen atoms in total. The first-order valence-electron chi connectivity index (χ1n) is 41.0. The minimum absolute atomic E-state index is 0.138. The highest BCUT2D eigenvalue weighted by molar-refractivity contribution is 6.20. The van der Waals surface area contributed by atoms with Crippen molar-refractivity contribution in [2.24, 2.45) is 0 Å². The fourth-order valence-electron chi connectivity index (χ4n) is 21.0. The second-order valence-electron chi connectivity index (χ2n) is 33.3. The maximum atomic E-state index is 6.62. The Bertz CT molecular complexity index is 5380. The predicted octanol–water partition coefficient (Wildman–Crippen LogP) is 30.9. The van der Waals surface area contributed by atoms with Crippen molar-refractivity contribution in [1.82, 2.24) is 0 Å². The topological polar surface area (TPSA) is 26.3 Å². The predicted molar refractivity (Wildman–Crippen MR) is 442 cm³/mol. The van der Waals surface area contributed by atoms with Gasteiger partial charge in [0.25, 0.3) is 0 Å². The molecule has 1 atom stereocenters. The van der Waals surface area contributed by atoms with Crippen molar-refractivity contribution >= 4 is 65.4 Å². The summed E-state index contributed by atoms with van der Waals surface area (Å²) in [5, 5.41) is 10.1. The van der Waals surface area contributed by atoms with Crippen LogP contribution in [0.3, 0.4) is 0 Å². The lowest BCUT2D eigenvalue weighted by Gasteiger charge is -2.35. The molecule has 0 saturated heterocycles. The average Bonchev–Trinajstić information content (AvgIpc) is 1.51. The smallest absolute Gasteiger partial charge is 0.136 e. The first kappa shape index (κ1) is 67.7. The number of rotatable bonds is 29. The van der Waals surface area contributed by atoms with E-state index in [0.29, 0.717) is 0 Å². The molecule has 2 heteroatoms. The van der Waals surface area contributed by atoms with Crippen LogP contribution in [0, 0.1) is 0 Å². The summed E-state index contributed by atoms with van der Waals surface area (Å²) in [5.74, 6) is 0. The molecule has 0 fully saturated rings. The van der Waals surface area contributed by atoms with Crippen molar-refractivity contribution in [1.29, 1.82) is 0 Å². The molecule has 0 N–H and O–H groups in total. The van der Waals surface area contributed by atoms with Crippen molar-refractivity contribution in [2.75, 3.05) is 0 Å². The Morgan fingerprint density at radius 3 is 0.845 bits per heavy atom. The van der Waals surface area contributed by atoms with Gasteiger partial charge in [0.2, 0.25) is 0 Å². The third-order valence-electron chi connectivity index (χ3n) is 26.4. The van der Waals surface area contributed by atoms with E-state index >= 15 is 0 Å². The van der Waals surface area contributed by atoms with Gasteiger partial charge in [-0.15, -0.1) is 0 Å². The Balaban J connectivity index is 0.889. The zero-order chi connectivity index (χ0) is 70.2.